The van der Waals surface area contributed by atoms with Crippen LogP contribution in [0.5, 0.6) is 0 Å². The molecule has 1 aromatic heterocycles. The largest absolute Gasteiger partial charge is 0.465 e. The minimum atomic E-state index is -0.998. The summed E-state index contributed by atoms with van der Waals surface area (Å²) in [4.78, 5) is 64.3. The quantitative estimate of drug-likeness (QED) is 0.443. The first-order valence-electron chi connectivity index (χ1n) is 9.43. The molecule has 5 amide bonds. The molecule has 1 saturated heterocycles. The summed E-state index contributed by atoms with van der Waals surface area (Å²) in [5, 5.41) is 2.85. The summed E-state index contributed by atoms with van der Waals surface area (Å²) in [6.07, 6.45) is 4.16. The lowest BCUT2D eigenvalue weighted by molar-refractivity contribution is -0.144. The molecule has 1 aliphatic heterocycles. The maximum atomic E-state index is 12.7. The van der Waals surface area contributed by atoms with Crippen molar-refractivity contribution < 1.29 is 28.7 Å². The van der Waals surface area contributed by atoms with E-state index < -0.39 is 36.3 Å². The Bertz CT molecular complexity index is 887. The fourth-order valence-electron chi connectivity index (χ4n) is 3.70. The van der Waals surface area contributed by atoms with E-state index in [4.69, 9.17) is 4.74 Å². The van der Waals surface area contributed by atoms with Gasteiger partial charge in [0.15, 0.2) is 0 Å². The molecule has 1 N–H and O–H groups in total. The van der Waals surface area contributed by atoms with Crippen LogP contribution in [0.2, 0.25) is 0 Å². The van der Waals surface area contributed by atoms with Crippen molar-refractivity contribution in [1.82, 2.24) is 9.80 Å². The average molecular weight is 421 g/mol. The van der Waals surface area contributed by atoms with Crippen molar-refractivity contribution >= 4 is 46.1 Å². The van der Waals surface area contributed by atoms with Gasteiger partial charge < -0.3 is 10.1 Å². The SMILES string of the molecule is COC(=O)c1c(NC(=O)CN2C(=O)C(=O)N(C3CCCCC3)C2=O)sc(C)c1C. The molecular formula is C19H23N3O6S. The third kappa shape index (κ3) is 3.89. The lowest BCUT2D eigenvalue weighted by Gasteiger charge is -2.28. The Balaban J connectivity index is 1.73. The summed E-state index contributed by atoms with van der Waals surface area (Å²) in [6.45, 7) is 2.95. The molecule has 0 bridgehead atoms. The second-order valence-electron chi connectivity index (χ2n) is 7.17. The number of nitrogens with zero attached hydrogens (tertiary/aromatic N) is 2. The van der Waals surface area contributed by atoms with Gasteiger partial charge in [-0.3, -0.25) is 19.3 Å². The topological polar surface area (TPSA) is 113 Å². The summed E-state index contributed by atoms with van der Waals surface area (Å²) in [6, 6.07) is -1.05. The number of ether oxygens (including phenoxy) is 1. The molecule has 0 spiro atoms. The van der Waals surface area contributed by atoms with Crippen LogP contribution < -0.4 is 5.32 Å². The smallest absolute Gasteiger partial charge is 0.341 e. The lowest BCUT2D eigenvalue weighted by atomic mass is 9.94. The van der Waals surface area contributed by atoms with E-state index in [9.17, 15) is 24.0 Å². The predicted octanol–water partition coefficient (Wildman–Crippen LogP) is 2.21. The van der Waals surface area contributed by atoms with Gasteiger partial charge in [-0.2, -0.15) is 0 Å². The van der Waals surface area contributed by atoms with Gasteiger partial charge >= 0.3 is 23.8 Å². The second kappa shape index (κ2) is 8.32. The van der Waals surface area contributed by atoms with Crippen LogP contribution in [0.1, 0.15) is 52.9 Å². The van der Waals surface area contributed by atoms with Gasteiger partial charge in [0, 0.05) is 10.9 Å². The van der Waals surface area contributed by atoms with Gasteiger partial charge in [0.25, 0.3) is 0 Å². The van der Waals surface area contributed by atoms with Crippen LogP contribution in [0.25, 0.3) is 0 Å². The molecule has 0 aromatic carbocycles. The number of carbonyl (C=O) groups is 5. The van der Waals surface area contributed by atoms with Crippen molar-refractivity contribution in [2.75, 3.05) is 19.0 Å². The van der Waals surface area contributed by atoms with Crippen molar-refractivity contribution in [3.05, 3.63) is 16.0 Å². The first-order valence-corrected chi connectivity index (χ1v) is 10.2. The highest BCUT2D eigenvalue weighted by Gasteiger charge is 2.48. The van der Waals surface area contributed by atoms with E-state index in [-0.39, 0.29) is 16.6 Å². The van der Waals surface area contributed by atoms with Crippen molar-refractivity contribution in [2.45, 2.75) is 52.0 Å². The summed E-state index contributed by atoms with van der Waals surface area (Å²) in [7, 11) is 1.24. The van der Waals surface area contributed by atoms with Crippen LogP contribution in [-0.4, -0.2) is 59.2 Å². The number of thiophene rings is 1. The van der Waals surface area contributed by atoms with Gasteiger partial charge in [0.2, 0.25) is 5.91 Å². The van der Waals surface area contributed by atoms with Gasteiger partial charge in [-0.1, -0.05) is 19.3 Å². The molecule has 0 radical (unpaired) electrons. The highest BCUT2D eigenvalue weighted by atomic mass is 32.1. The van der Waals surface area contributed by atoms with Gasteiger partial charge in [-0.05, 0) is 32.3 Å². The molecule has 1 saturated carbocycles. The molecule has 9 nitrogen and oxygen atoms in total. The minimum Gasteiger partial charge on any atom is -0.465 e. The first-order chi connectivity index (χ1) is 13.8. The zero-order valence-corrected chi connectivity index (χ0v) is 17.4. The number of aryl methyl sites for hydroxylation is 1. The normalized spacial score (nSPS) is 17.8. The molecule has 1 aliphatic carbocycles. The molecule has 0 atom stereocenters. The van der Waals surface area contributed by atoms with Crippen molar-refractivity contribution in [3.8, 4) is 0 Å². The summed E-state index contributed by atoms with van der Waals surface area (Å²) in [5.41, 5.74) is 0.923. The van der Waals surface area contributed by atoms with E-state index >= 15 is 0 Å². The Morgan fingerprint density at radius 3 is 2.38 bits per heavy atom. The van der Waals surface area contributed by atoms with Gasteiger partial charge in [-0.15, -0.1) is 11.3 Å². The highest BCUT2D eigenvalue weighted by Crippen LogP contribution is 2.33. The number of nitrogens with one attached hydrogen (secondary N) is 1. The van der Waals surface area contributed by atoms with Crippen LogP contribution in [0.4, 0.5) is 9.80 Å². The van der Waals surface area contributed by atoms with E-state index in [1.165, 1.54) is 18.4 Å². The number of carbonyl (C=O) groups excluding carboxylic acids is 5. The third-order valence-electron chi connectivity index (χ3n) is 5.35. The van der Waals surface area contributed by atoms with Crippen molar-refractivity contribution in [1.29, 1.82) is 0 Å². The summed E-state index contributed by atoms with van der Waals surface area (Å²) < 4.78 is 4.76. The molecular weight excluding hydrogens is 398 g/mol. The fraction of sp³-hybridized carbons (Fsp3) is 0.526. The molecule has 2 aliphatic rings. The number of esters is 1. The van der Waals surface area contributed by atoms with Gasteiger partial charge in [-0.25, -0.2) is 14.5 Å². The number of hydrogen-bond donors (Lipinski definition) is 1. The number of urea groups is 1. The fourth-order valence-corrected chi connectivity index (χ4v) is 4.76. The average Bonchev–Trinajstić information content (AvgIpc) is 3.09. The van der Waals surface area contributed by atoms with Crippen molar-refractivity contribution in [3.63, 3.8) is 0 Å². The van der Waals surface area contributed by atoms with Crippen LogP contribution in [0.15, 0.2) is 0 Å². The number of anilines is 1. The number of methoxy groups -OCH3 is 1. The number of imide groups is 2. The zero-order chi connectivity index (χ0) is 21.3. The molecule has 0 unspecified atom stereocenters. The van der Waals surface area contributed by atoms with Gasteiger partial charge in [0.05, 0.1) is 12.7 Å². The van der Waals surface area contributed by atoms with E-state index in [2.05, 4.69) is 5.32 Å². The number of hydrogen-bond acceptors (Lipinski definition) is 7. The monoisotopic (exact) mass is 421 g/mol. The van der Waals surface area contributed by atoms with E-state index in [0.717, 1.165) is 29.0 Å². The Morgan fingerprint density at radius 2 is 1.76 bits per heavy atom. The van der Waals surface area contributed by atoms with E-state index in [1.54, 1.807) is 13.8 Å². The number of amides is 5. The van der Waals surface area contributed by atoms with E-state index in [1.807, 2.05) is 0 Å². The molecule has 1 aromatic rings. The third-order valence-corrected chi connectivity index (χ3v) is 6.48. The summed E-state index contributed by atoms with van der Waals surface area (Å²) >= 11 is 1.20. The first kappa shape index (κ1) is 21.0. The van der Waals surface area contributed by atoms with Crippen LogP contribution in [-0.2, 0) is 19.1 Å². The molecule has 3 rings (SSSR count). The molecule has 10 heteroatoms. The van der Waals surface area contributed by atoms with Crippen molar-refractivity contribution in [2.24, 2.45) is 0 Å². The Kier molecular flexibility index (Phi) is 6.02. The Hall–Kier alpha value is -2.75. The maximum absolute atomic E-state index is 12.7. The summed E-state index contributed by atoms with van der Waals surface area (Å²) in [5.74, 6) is -3.14. The predicted molar refractivity (Wildman–Crippen MR) is 105 cm³/mol. The molecule has 2 fully saturated rings. The maximum Gasteiger partial charge on any atom is 0.341 e. The molecule has 156 valence electrons. The Morgan fingerprint density at radius 1 is 1.10 bits per heavy atom. The van der Waals surface area contributed by atoms with E-state index in [0.29, 0.717) is 23.3 Å². The lowest BCUT2D eigenvalue weighted by Crippen LogP contribution is -2.43. The van der Waals surface area contributed by atoms with Crippen LogP contribution in [0, 0.1) is 13.8 Å². The number of rotatable bonds is 5. The Labute approximate surface area is 172 Å². The second-order valence-corrected chi connectivity index (χ2v) is 8.39. The molecule has 2 heterocycles. The standard InChI is InChI=1S/C19H23N3O6S/c1-10-11(2)29-15(14(10)18(26)28-3)20-13(23)9-21-16(24)17(25)22(19(21)27)12-7-5-4-6-8-12/h12H,4-9H2,1-3H3,(H,20,23). The van der Waals surface area contributed by atoms with Crippen LogP contribution in [0.3, 0.4) is 0 Å². The molecule has 29 heavy (non-hydrogen) atoms. The highest BCUT2D eigenvalue weighted by molar-refractivity contribution is 7.16. The van der Waals surface area contributed by atoms with Gasteiger partial charge in [0.1, 0.15) is 11.5 Å². The zero-order valence-electron chi connectivity index (χ0n) is 16.6. The minimum absolute atomic E-state index is 0.238. The van der Waals surface area contributed by atoms with Crippen LogP contribution >= 0.6 is 11.3 Å².